The van der Waals surface area contributed by atoms with Crippen molar-refractivity contribution in [2.45, 2.75) is 38.0 Å². The van der Waals surface area contributed by atoms with E-state index >= 15 is 0 Å². The summed E-state index contributed by atoms with van der Waals surface area (Å²) in [7, 11) is 0. The zero-order valence-electron chi connectivity index (χ0n) is 18.3. The van der Waals surface area contributed by atoms with Crippen LogP contribution in [0.5, 0.6) is 5.75 Å². The van der Waals surface area contributed by atoms with E-state index in [0.717, 1.165) is 44.0 Å². The molecule has 2 aliphatic heterocycles. The first-order valence-corrected chi connectivity index (χ1v) is 11.3. The topological polar surface area (TPSA) is 49.9 Å². The fraction of sp³-hybridized carbons (Fsp3) is 0.440. The van der Waals surface area contributed by atoms with Gasteiger partial charge in [-0.2, -0.15) is 13.2 Å². The third-order valence-electron chi connectivity index (χ3n) is 6.48. The van der Waals surface area contributed by atoms with E-state index in [0.29, 0.717) is 31.5 Å². The van der Waals surface area contributed by atoms with Crippen molar-refractivity contribution in [3.8, 4) is 5.75 Å². The molecule has 4 rings (SSSR count). The highest BCUT2D eigenvalue weighted by Gasteiger charge is 2.36. The van der Waals surface area contributed by atoms with E-state index in [2.05, 4.69) is 4.90 Å². The predicted octanol–water partition coefficient (Wildman–Crippen LogP) is 4.80. The Morgan fingerprint density at radius 3 is 2.15 bits per heavy atom. The number of carbonyl (C=O) groups excluding carboxylic acids is 2. The van der Waals surface area contributed by atoms with Gasteiger partial charge in [-0.3, -0.25) is 9.59 Å². The maximum absolute atomic E-state index is 13.2. The number of hydrogen-bond donors (Lipinski definition) is 0. The lowest BCUT2D eigenvalue weighted by Crippen LogP contribution is -2.47. The molecule has 2 aromatic rings. The Morgan fingerprint density at radius 1 is 0.909 bits per heavy atom. The van der Waals surface area contributed by atoms with E-state index in [9.17, 15) is 22.8 Å². The molecule has 0 N–H and O–H groups in total. The number of aldehydes is 1. The number of para-hydroxylation sites is 1. The maximum Gasteiger partial charge on any atom is 0.419 e. The van der Waals surface area contributed by atoms with Gasteiger partial charge in [-0.15, -0.1) is 0 Å². The number of hydrogen-bond acceptors (Lipinski definition) is 4. The third-order valence-corrected chi connectivity index (χ3v) is 6.48. The molecule has 0 radical (unpaired) electrons. The van der Waals surface area contributed by atoms with Crippen LogP contribution in [-0.2, 0) is 11.0 Å². The monoisotopic (exact) mass is 460 g/mol. The number of ether oxygens (including phenoxy) is 1. The highest BCUT2D eigenvalue weighted by atomic mass is 19.4. The van der Waals surface area contributed by atoms with Crippen molar-refractivity contribution in [2.75, 3.05) is 31.1 Å². The van der Waals surface area contributed by atoms with Crippen LogP contribution in [0.4, 0.5) is 18.9 Å². The molecule has 5 nitrogen and oxygen atoms in total. The van der Waals surface area contributed by atoms with Crippen LogP contribution in [-0.4, -0.2) is 49.4 Å². The molecule has 1 amide bonds. The zero-order valence-corrected chi connectivity index (χ0v) is 18.3. The van der Waals surface area contributed by atoms with Gasteiger partial charge >= 0.3 is 6.18 Å². The molecule has 2 heterocycles. The predicted molar refractivity (Wildman–Crippen MR) is 118 cm³/mol. The summed E-state index contributed by atoms with van der Waals surface area (Å²) in [6.07, 6.45) is -1.45. The summed E-state index contributed by atoms with van der Waals surface area (Å²) in [5.41, 5.74) is 0.915. The molecule has 0 saturated carbocycles. The molecule has 0 aliphatic carbocycles. The van der Waals surface area contributed by atoms with Crippen molar-refractivity contribution in [1.82, 2.24) is 4.90 Å². The summed E-state index contributed by atoms with van der Waals surface area (Å²) in [5, 5.41) is 0. The number of piperidine rings is 2. The first-order valence-electron chi connectivity index (χ1n) is 11.3. The summed E-state index contributed by atoms with van der Waals surface area (Å²) in [5.74, 6) is -0.0673. The summed E-state index contributed by atoms with van der Waals surface area (Å²) in [6.45, 7) is 2.52. The maximum atomic E-state index is 13.2. The van der Waals surface area contributed by atoms with Crippen LogP contribution in [0.15, 0.2) is 48.5 Å². The molecule has 0 spiro atoms. The molecule has 0 unspecified atom stereocenters. The van der Waals surface area contributed by atoms with E-state index in [1.807, 2.05) is 17.0 Å². The van der Waals surface area contributed by atoms with Gasteiger partial charge in [0, 0.05) is 56.2 Å². The van der Waals surface area contributed by atoms with Gasteiger partial charge in [-0.05, 0) is 49.2 Å². The van der Waals surface area contributed by atoms with Crippen molar-refractivity contribution in [2.24, 2.45) is 5.92 Å². The van der Waals surface area contributed by atoms with E-state index in [4.69, 9.17) is 4.74 Å². The fourth-order valence-corrected chi connectivity index (χ4v) is 4.58. The Morgan fingerprint density at radius 2 is 1.55 bits per heavy atom. The van der Waals surface area contributed by atoms with Crippen molar-refractivity contribution in [3.05, 3.63) is 59.7 Å². The van der Waals surface area contributed by atoms with Crippen molar-refractivity contribution >= 4 is 17.9 Å². The van der Waals surface area contributed by atoms with E-state index in [1.165, 1.54) is 18.2 Å². The van der Waals surface area contributed by atoms with Gasteiger partial charge in [-0.1, -0.05) is 12.1 Å². The Hall–Kier alpha value is -3.03. The average molecular weight is 460 g/mol. The summed E-state index contributed by atoms with van der Waals surface area (Å²) >= 11 is 0. The van der Waals surface area contributed by atoms with Gasteiger partial charge < -0.3 is 14.5 Å². The van der Waals surface area contributed by atoms with Crippen LogP contribution in [0.1, 0.15) is 41.6 Å². The lowest BCUT2D eigenvalue weighted by molar-refractivity contribution is -0.139. The highest BCUT2D eigenvalue weighted by Crippen LogP contribution is 2.37. The number of anilines is 1. The summed E-state index contributed by atoms with van der Waals surface area (Å²) in [6, 6.07) is 12.7. The smallest absolute Gasteiger partial charge is 0.419 e. The van der Waals surface area contributed by atoms with E-state index < -0.39 is 11.7 Å². The van der Waals surface area contributed by atoms with Gasteiger partial charge in [-0.25, -0.2) is 0 Å². The van der Waals surface area contributed by atoms with E-state index in [1.54, 1.807) is 12.1 Å². The van der Waals surface area contributed by atoms with Crippen molar-refractivity contribution in [3.63, 3.8) is 0 Å². The highest BCUT2D eigenvalue weighted by molar-refractivity contribution is 5.79. The standard InChI is InChI=1S/C25H27F3N2O3/c26-25(27,28)22-3-1-2-4-23(22)33-21-11-15-30(16-12-21)24(32)19-9-13-29(14-10-19)20-7-5-18(17-31)6-8-20/h1-8,17,19,21H,9-16H2. The fourth-order valence-electron chi connectivity index (χ4n) is 4.58. The Balaban J connectivity index is 1.27. The van der Waals surface area contributed by atoms with Crippen molar-refractivity contribution < 1.29 is 27.5 Å². The number of carbonyl (C=O) groups is 2. The average Bonchev–Trinajstić information content (AvgIpc) is 2.84. The lowest BCUT2D eigenvalue weighted by atomic mass is 9.93. The van der Waals surface area contributed by atoms with Crippen LogP contribution in [0.3, 0.4) is 0 Å². The number of alkyl halides is 3. The minimum atomic E-state index is -4.46. The number of nitrogens with zero attached hydrogens (tertiary/aromatic N) is 2. The molecule has 33 heavy (non-hydrogen) atoms. The number of benzene rings is 2. The third kappa shape index (κ3) is 5.49. The minimum absolute atomic E-state index is 0.0427. The minimum Gasteiger partial charge on any atom is -0.490 e. The number of halogens is 3. The van der Waals surface area contributed by atoms with Gasteiger partial charge in [0.2, 0.25) is 5.91 Å². The Kier molecular flexibility index (Phi) is 6.91. The second kappa shape index (κ2) is 9.85. The molecule has 0 bridgehead atoms. The molecule has 176 valence electrons. The van der Waals surface area contributed by atoms with Crippen LogP contribution >= 0.6 is 0 Å². The second-order valence-electron chi connectivity index (χ2n) is 8.61. The normalized spacial score (nSPS) is 18.3. The van der Waals surface area contributed by atoms with Crippen LogP contribution in [0, 0.1) is 5.92 Å². The lowest BCUT2D eigenvalue weighted by Gasteiger charge is -2.38. The van der Waals surface area contributed by atoms with Crippen LogP contribution in [0.25, 0.3) is 0 Å². The van der Waals surface area contributed by atoms with Crippen LogP contribution < -0.4 is 9.64 Å². The molecule has 2 saturated heterocycles. The summed E-state index contributed by atoms with van der Waals surface area (Å²) in [4.78, 5) is 27.9. The largest absolute Gasteiger partial charge is 0.490 e. The quantitative estimate of drug-likeness (QED) is 0.602. The first-order chi connectivity index (χ1) is 15.8. The van der Waals surface area contributed by atoms with Crippen molar-refractivity contribution in [1.29, 1.82) is 0 Å². The molecule has 0 aromatic heterocycles. The Labute approximate surface area is 191 Å². The Bertz CT molecular complexity index is 962. The number of rotatable bonds is 5. The van der Waals surface area contributed by atoms with Gasteiger partial charge in [0.15, 0.2) is 0 Å². The molecule has 2 aromatic carbocycles. The second-order valence-corrected chi connectivity index (χ2v) is 8.61. The first kappa shape index (κ1) is 23.1. The molecule has 8 heteroatoms. The van der Waals surface area contributed by atoms with E-state index in [-0.39, 0.29) is 23.7 Å². The van der Waals surface area contributed by atoms with Gasteiger partial charge in [0.05, 0.1) is 5.56 Å². The molecule has 0 atom stereocenters. The number of likely N-dealkylation sites (tertiary alicyclic amines) is 1. The SMILES string of the molecule is O=Cc1ccc(N2CCC(C(=O)N3CCC(Oc4ccccc4C(F)(F)F)CC3)CC2)cc1. The molecule has 2 aliphatic rings. The van der Waals surface area contributed by atoms with Gasteiger partial charge in [0.25, 0.3) is 0 Å². The number of amides is 1. The zero-order chi connectivity index (χ0) is 23.4. The molecular formula is C25H27F3N2O3. The van der Waals surface area contributed by atoms with Gasteiger partial charge in [0.1, 0.15) is 18.1 Å². The summed E-state index contributed by atoms with van der Waals surface area (Å²) < 4.78 is 45.3. The molecular weight excluding hydrogens is 433 g/mol. The van der Waals surface area contributed by atoms with Crippen LogP contribution in [0.2, 0.25) is 0 Å². The molecule has 2 fully saturated rings.